The summed E-state index contributed by atoms with van der Waals surface area (Å²) in [6.45, 7) is 9.60. The molecule has 0 heterocycles. The van der Waals surface area contributed by atoms with Gasteiger partial charge in [0.15, 0.2) is 0 Å². The van der Waals surface area contributed by atoms with Crippen molar-refractivity contribution in [3.63, 3.8) is 0 Å². The summed E-state index contributed by atoms with van der Waals surface area (Å²) in [6.07, 6.45) is 2.69. The Morgan fingerprint density at radius 3 is 2.22 bits per heavy atom. The van der Waals surface area contributed by atoms with E-state index in [2.05, 4.69) is 49.9 Å². The zero-order valence-corrected chi connectivity index (χ0v) is 11.9. The van der Waals surface area contributed by atoms with Gasteiger partial charge in [-0.15, -0.1) is 0 Å². The van der Waals surface area contributed by atoms with Crippen LogP contribution in [0.1, 0.15) is 44.7 Å². The van der Waals surface area contributed by atoms with Gasteiger partial charge < -0.3 is 5.73 Å². The van der Waals surface area contributed by atoms with Crippen molar-refractivity contribution in [2.24, 2.45) is 5.73 Å². The van der Waals surface area contributed by atoms with Crippen LogP contribution in [0.25, 0.3) is 0 Å². The highest BCUT2D eigenvalue weighted by Gasteiger charge is 2.28. The SMILES string of the molecule is CC(C)(C)c1ccc(CN(CCN)C2CC2)cc1. The quantitative estimate of drug-likeness (QED) is 0.865. The van der Waals surface area contributed by atoms with E-state index >= 15 is 0 Å². The van der Waals surface area contributed by atoms with Gasteiger partial charge in [0.1, 0.15) is 0 Å². The largest absolute Gasteiger partial charge is 0.329 e. The van der Waals surface area contributed by atoms with Gasteiger partial charge in [0.05, 0.1) is 0 Å². The Kier molecular flexibility index (Phi) is 4.08. The summed E-state index contributed by atoms with van der Waals surface area (Å²) in [5.41, 5.74) is 8.74. The van der Waals surface area contributed by atoms with Crippen molar-refractivity contribution in [3.05, 3.63) is 35.4 Å². The van der Waals surface area contributed by atoms with Crippen LogP contribution >= 0.6 is 0 Å². The van der Waals surface area contributed by atoms with Crippen LogP contribution in [-0.4, -0.2) is 24.0 Å². The lowest BCUT2D eigenvalue weighted by molar-refractivity contribution is 0.262. The van der Waals surface area contributed by atoms with E-state index in [0.29, 0.717) is 0 Å². The first kappa shape index (κ1) is 13.6. The maximum absolute atomic E-state index is 5.69. The maximum Gasteiger partial charge on any atom is 0.0237 e. The lowest BCUT2D eigenvalue weighted by atomic mass is 9.87. The minimum atomic E-state index is 0.242. The van der Waals surface area contributed by atoms with E-state index in [0.717, 1.165) is 25.7 Å². The molecule has 0 unspecified atom stereocenters. The van der Waals surface area contributed by atoms with Gasteiger partial charge in [-0.3, -0.25) is 4.90 Å². The summed E-state index contributed by atoms with van der Waals surface area (Å²) in [5, 5.41) is 0. The van der Waals surface area contributed by atoms with Crippen molar-refractivity contribution in [2.75, 3.05) is 13.1 Å². The van der Waals surface area contributed by atoms with E-state index in [9.17, 15) is 0 Å². The summed E-state index contributed by atoms with van der Waals surface area (Å²) in [4.78, 5) is 2.52. The first-order valence-electron chi connectivity index (χ1n) is 7.04. The van der Waals surface area contributed by atoms with Crippen molar-refractivity contribution in [3.8, 4) is 0 Å². The van der Waals surface area contributed by atoms with Crippen LogP contribution in [0, 0.1) is 0 Å². The topological polar surface area (TPSA) is 29.3 Å². The second kappa shape index (κ2) is 5.41. The molecule has 0 spiro atoms. The summed E-state index contributed by atoms with van der Waals surface area (Å²) in [5.74, 6) is 0. The van der Waals surface area contributed by atoms with Crippen molar-refractivity contribution in [2.45, 2.75) is 51.6 Å². The number of rotatable bonds is 5. The third-order valence-corrected chi connectivity index (χ3v) is 3.69. The standard InChI is InChI=1S/C16H26N2/c1-16(2,3)14-6-4-13(5-7-14)12-18(11-10-17)15-8-9-15/h4-7,15H,8-12,17H2,1-3H3. The van der Waals surface area contributed by atoms with Crippen LogP contribution < -0.4 is 5.73 Å². The normalized spacial score (nSPS) is 16.3. The lowest BCUT2D eigenvalue weighted by Crippen LogP contribution is -2.31. The van der Waals surface area contributed by atoms with Gasteiger partial charge in [-0.05, 0) is 29.4 Å². The number of hydrogen-bond acceptors (Lipinski definition) is 2. The van der Waals surface area contributed by atoms with Gasteiger partial charge in [0.25, 0.3) is 0 Å². The third kappa shape index (κ3) is 3.56. The average molecular weight is 246 g/mol. The Bertz CT molecular complexity index is 371. The Hall–Kier alpha value is -0.860. The molecule has 18 heavy (non-hydrogen) atoms. The number of hydrogen-bond donors (Lipinski definition) is 1. The molecular formula is C16H26N2. The molecule has 0 amide bonds. The average Bonchev–Trinajstić information content (AvgIpc) is 3.12. The molecule has 100 valence electrons. The second-order valence-electron chi connectivity index (χ2n) is 6.44. The van der Waals surface area contributed by atoms with Crippen LogP contribution in [0.4, 0.5) is 0 Å². The lowest BCUT2D eigenvalue weighted by Gasteiger charge is -2.23. The minimum absolute atomic E-state index is 0.242. The van der Waals surface area contributed by atoms with Crippen LogP contribution in [0.5, 0.6) is 0 Å². The van der Waals surface area contributed by atoms with E-state index in [-0.39, 0.29) is 5.41 Å². The highest BCUT2D eigenvalue weighted by Crippen LogP contribution is 2.28. The van der Waals surface area contributed by atoms with E-state index in [1.54, 1.807) is 0 Å². The molecule has 1 aliphatic rings. The summed E-state index contributed by atoms with van der Waals surface area (Å²) >= 11 is 0. The van der Waals surface area contributed by atoms with Crippen LogP contribution in [0.3, 0.4) is 0 Å². The number of nitrogens with two attached hydrogens (primary N) is 1. The highest BCUT2D eigenvalue weighted by molar-refractivity contribution is 5.27. The smallest absolute Gasteiger partial charge is 0.0237 e. The molecule has 0 bridgehead atoms. The van der Waals surface area contributed by atoms with Crippen molar-refractivity contribution in [1.29, 1.82) is 0 Å². The minimum Gasteiger partial charge on any atom is -0.329 e. The van der Waals surface area contributed by atoms with Gasteiger partial charge in [-0.2, -0.15) is 0 Å². The second-order valence-corrected chi connectivity index (χ2v) is 6.44. The predicted molar refractivity (Wildman–Crippen MR) is 77.6 cm³/mol. The molecule has 2 N–H and O–H groups in total. The van der Waals surface area contributed by atoms with Gasteiger partial charge in [0.2, 0.25) is 0 Å². The molecule has 0 aromatic heterocycles. The first-order valence-corrected chi connectivity index (χ1v) is 7.04. The van der Waals surface area contributed by atoms with Crippen molar-refractivity contribution < 1.29 is 0 Å². The van der Waals surface area contributed by atoms with Gasteiger partial charge in [-0.1, -0.05) is 45.0 Å². The molecule has 0 atom stereocenters. The number of benzene rings is 1. The van der Waals surface area contributed by atoms with Crippen LogP contribution in [-0.2, 0) is 12.0 Å². The fourth-order valence-corrected chi connectivity index (χ4v) is 2.34. The molecule has 0 radical (unpaired) electrons. The maximum atomic E-state index is 5.69. The van der Waals surface area contributed by atoms with Crippen LogP contribution in [0.2, 0.25) is 0 Å². The zero-order chi connectivity index (χ0) is 13.2. The molecule has 0 saturated heterocycles. The van der Waals surface area contributed by atoms with Gasteiger partial charge in [-0.25, -0.2) is 0 Å². The fourth-order valence-electron chi connectivity index (χ4n) is 2.34. The monoisotopic (exact) mass is 246 g/mol. The zero-order valence-electron chi connectivity index (χ0n) is 11.9. The highest BCUT2D eigenvalue weighted by atomic mass is 15.2. The summed E-state index contributed by atoms with van der Waals surface area (Å²) < 4.78 is 0. The fraction of sp³-hybridized carbons (Fsp3) is 0.625. The van der Waals surface area contributed by atoms with Crippen LogP contribution in [0.15, 0.2) is 24.3 Å². The Morgan fingerprint density at radius 2 is 1.78 bits per heavy atom. The molecular weight excluding hydrogens is 220 g/mol. The van der Waals surface area contributed by atoms with Gasteiger partial charge >= 0.3 is 0 Å². The molecule has 2 rings (SSSR count). The summed E-state index contributed by atoms with van der Waals surface area (Å²) in [7, 11) is 0. The Morgan fingerprint density at radius 1 is 1.17 bits per heavy atom. The molecule has 1 saturated carbocycles. The molecule has 1 fully saturated rings. The van der Waals surface area contributed by atoms with E-state index < -0.39 is 0 Å². The number of nitrogens with zero attached hydrogens (tertiary/aromatic N) is 1. The van der Waals surface area contributed by atoms with Gasteiger partial charge in [0, 0.05) is 25.7 Å². The first-order chi connectivity index (χ1) is 8.50. The molecule has 2 heteroatoms. The summed E-state index contributed by atoms with van der Waals surface area (Å²) in [6, 6.07) is 9.86. The van der Waals surface area contributed by atoms with Crippen molar-refractivity contribution in [1.82, 2.24) is 4.90 Å². The predicted octanol–water partition coefficient (Wildman–Crippen LogP) is 2.91. The Labute approximate surface area is 111 Å². The molecule has 2 nitrogen and oxygen atoms in total. The van der Waals surface area contributed by atoms with E-state index in [4.69, 9.17) is 5.73 Å². The molecule has 1 aromatic carbocycles. The molecule has 1 aliphatic carbocycles. The Balaban J connectivity index is 2.00. The van der Waals surface area contributed by atoms with Crippen molar-refractivity contribution >= 4 is 0 Å². The molecule has 1 aromatic rings. The van der Waals surface area contributed by atoms with E-state index in [1.165, 1.54) is 24.0 Å². The molecule has 0 aliphatic heterocycles. The third-order valence-electron chi connectivity index (χ3n) is 3.69. The van der Waals surface area contributed by atoms with E-state index in [1.807, 2.05) is 0 Å².